The van der Waals surface area contributed by atoms with Gasteiger partial charge in [0.05, 0.1) is 16.2 Å². The zero-order valence-electron chi connectivity index (χ0n) is 15.6. The van der Waals surface area contributed by atoms with Gasteiger partial charge in [0.2, 0.25) is 0 Å². The maximum absolute atomic E-state index is 11.8. The molecule has 1 amide bonds. The summed E-state index contributed by atoms with van der Waals surface area (Å²) in [5, 5.41) is 15.4. The van der Waals surface area contributed by atoms with Crippen molar-refractivity contribution in [2.75, 3.05) is 6.61 Å². The van der Waals surface area contributed by atoms with Crippen LogP contribution < -0.4 is 10.2 Å². The number of nitrogens with zero attached hydrogens (tertiary/aromatic N) is 2. The summed E-state index contributed by atoms with van der Waals surface area (Å²) in [7, 11) is 0. The lowest BCUT2D eigenvalue weighted by molar-refractivity contribution is -0.384. The number of carbonyl (C=O) groups is 1. The number of aryl methyl sites for hydroxylation is 1. The number of rotatable bonds is 7. The number of furan rings is 1. The van der Waals surface area contributed by atoms with Gasteiger partial charge in [-0.25, -0.2) is 5.43 Å². The van der Waals surface area contributed by atoms with Crippen LogP contribution in [0.4, 0.5) is 5.69 Å². The number of non-ortho nitro benzene ring substituents is 1. The summed E-state index contributed by atoms with van der Waals surface area (Å²) in [6, 6.07) is 12.4. The fourth-order valence-electron chi connectivity index (χ4n) is 2.44. The molecule has 0 aliphatic heterocycles. The Morgan fingerprint density at radius 3 is 2.70 bits per heavy atom. The Morgan fingerprint density at radius 2 is 2.00 bits per heavy atom. The normalized spacial score (nSPS) is 10.9. The van der Waals surface area contributed by atoms with Crippen LogP contribution in [-0.4, -0.2) is 23.7 Å². The number of ether oxygens (including phenoxy) is 1. The summed E-state index contributed by atoms with van der Waals surface area (Å²) in [5.41, 5.74) is 3.55. The minimum atomic E-state index is -0.531. The van der Waals surface area contributed by atoms with Crippen molar-refractivity contribution in [1.82, 2.24) is 5.43 Å². The number of halogens is 2. The molecule has 0 unspecified atom stereocenters. The van der Waals surface area contributed by atoms with Gasteiger partial charge in [-0.2, -0.15) is 5.10 Å². The third kappa shape index (κ3) is 5.37. The average Bonchev–Trinajstić information content (AvgIpc) is 3.17. The molecule has 2 aromatic carbocycles. The number of nitro groups is 1. The molecule has 0 saturated heterocycles. The molecule has 1 aromatic heterocycles. The topological polar surface area (TPSA) is 107 Å². The summed E-state index contributed by atoms with van der Waals surface area (Å²) >= 11 is 12.0. The molecule has 30 heavy (non-hydrogen) atoms. The van der Waals surface area contributed by atoms with Crippen LogP contribution in [0.3, 0.4) is 0 Å². The molecule has 0 aliphatic rings. The highest BCUT2D eigenvalue weighted by molar-refractivity contribution is 6.33. The van der Waals surface area contributed by atoms with Crippen LogP contribution in [0.2, 0.25) is 10.0 Å². The largest absolute Gasteiger partial charge is 0.484 e. The quantitative estimate of drug-likeness (QED) is 0.311. The highest BCUT2D eigenvalue weighted by atomic mass is 35.5. The van der Waals surface area contributed by atoms with E-state index in [2.05, 4.69) is 10.5 Å². The van der Waals surface area contributed by atoms with Gasteiger partial charge >= 0.3 is 0 Å². The molecule has 0 spiro atoms. The van der Waals surface area contributed by atoms with Gasteiger partial charge in [0, 0.05) is 22.7 Å². The molecule has 1 N–H and O–H groups in total. The third-order valence-corrected chi connectivity index (χ3v) is 4.67. The van der Waals surface area contributed by atoms with E-state index in [9.17, 15) is 14.9 Å². The van der Waals surface area contributed by atoms with Gasteiger partial charge in [-0.15, -0.1) is 0 Å². The van der Waals surface area contributed by atoms with E-state index >= 15 is 0 Å². The Labute approximate surface area is 181 Å². The van der Waals surface area contributed by atoms with E-state index in [-0.39, 0.29) is 17.3 Å². The summed E-state index contributed by atoms with van der Waals surface area (Å²) in [6.45, 7) is 1.61. The van der Waals surface area contributed by atoms with Gasteiger partial charge in [-0.3, -0.25) is 14.9 Å². The van der Waals surface area contributed by atoms with E-state index < -0.39 is 10.8 Å². The molecular formula is C20H15Cl2N3O5. The summed E-state index contributed by atoms with van der Waals surface area (Å²) < 4.78 is 11.0. The molecule has 0 atom stereocenters. The van der Waals surface area contributed by atoms with E-state index in [0.717, 1.165) is 5.56 Å². The van der Waals surface area contributed by atoms with Crippen molar-refractivity contribution < 1.29 is 18.9 Å². The zero-order valence-corrected chi connectivity index (χ0v) is 17.1. The molecule has 0 fully saturated rings. The molecule has 0 saturated carbocycles. The van der Waals surface area contributed by atoms with Crippen molar-refractivity contribution in [1.29, 1.82) is 0 Å². The van der Waals surface area contributed by atoms with Crippen LogP contribution in [-0.2, 0) is 4.79 Å². The maximum atomic E-state index is 11.8. The van der Waals surface area contributed by atoms with Gasteiger partial charge in [0.1, 0.15) is 17.3 Å². The van der Waals surface area contributed by atoms with Crippen LogP contribution in [0, 0.1) is 17.0 Å². The first kappa shape index (κ1) is 21.4. The fraction of sp³-hybridized carbons (Fsp3) is 0.100. The molecule has 3 rings (SSSR count). The van der Waals surface area contributed by atoms with Crippen molar-refractivity contribution in [3.05, 3.63) is 80.0 Å². The number of carbonyl (C=O) groups excluding carboxylic acids is 1. The van der Waals surface area contributed by atoms with Crippen LogP contribution >= 0.6 is 23.2 Å². The lowest BCUT2D eigenvalue weighted by Gasteiger charge is -2.06. The van der Waals surface area contributed by atoms with E-state index in [1.807, 2.05) is 6.92 Å². The first-order valence-corrected chi connectivity index (χ1v) is 9.34. The van der Waals surface area contributed by atoms with Gasteiger partial charge in [0.25, 0.3) is 11.6 Å². The summed E-state index contributed by atoms with van der Waals surface area (Å²) in [6.07, 6.45) is 1.31. The minimum absolute atomic E-state index is 0.115. The third-order valence-electron chi connectivity index (χ3n) is 3.94. The van der Waals surface area contributed by atoms with E-state index in [0.29, 0.717) is 27.9 Å². The van der Waals surface area contributed by atoms with Gasteiger partial charge in [-0.1, -0.05) is 23.2 Å². The molecule has 154 valence electrons. The predicted molar refractivity (Wildman–Crippen MR) is 113 cm³/mol. The summed E-state index contributed by atoms with van der Waals surface area (Å²) in [5.74, 6) is 0.828. The molecule has 0 radical (unpaired) electrons. The number of nitrogens with one attached hydrogen (secondary N) is 1. The second-order valence-corrected chi connectivity index (χ2v) is 6.93. The number of benzene rings is 2. The highest BCUT2D eigenvalue weighted by Gasteiger charge is 2.13. The van der Waals surface area contributed by atoms with E-state index in [1.54, 1.807) is 30.3 Å². The van der Waals surface area contributed by atoms with Crippen molar-refractivity contribution in [3.63, 3.8) is 0 Å². The molecule has 10 heteroatoms. The van der Waals surface area contributed by atoms with Crippen molar-refractivity contribution in [3.8, 4) is 17.1 Å². The Bertz CT molecular complexity index is 1130. The van der Waals surface area contributed by atoms with Crippen molar-refractivity contribution in [2.45, 2.75) is 6.92 Å². The molecule has 0 bridgehead atoms. The molecular weight excluding hydrogens is 433 g/mol. The smallest absolute Gasteiger partial charge is 0.277 e. The Balaban J connectivity index is 1.56. The number of nitro benzene ring substituents is 1. The Kier molecular flexibility index (Phi) is 6.71. The molecule has 3 aromatic rings. The summed E-state index contributed by atoms with van der Waals surface area (Å²) in [4.78, 5) is 22.1. The van der Waals surface area contributed by atoms with Crippen LogP contribution in [0.5, 0.6) is 5.75 Å². The molecule has 0 aliphatic carbocycles. The monoisotopic (exact) mass is 447 g/mol. The Morgan fingerprint density at radius 1 is 1.20 bits per heavy atom. The number of hydrogen-bond donors (Lipinski definition) is 1. The van der Waals surface area contributed by atoms with Crippen LogP contribution in [0.25, 0.3) is 11.3 Å². The van der Waals surface area contributed by atoms with Gasteiger partial charge < -0.3 is 9.15 Å². The average molecular weight is 448 g/mol. The highest BCUT2D eigenvalue weighted by Crippen LogP contribution is 2.32. The number of hydrazone groups is 1. The van der Waals surface area contributed by atoms with Crippen molar-refractivity contribution in [2.24, 2.45) is 5.10 Å². The lowest BCUT2D eigenvalue weighted by Crippen LogP contribution is -2.24. The van der Waals surface area contributed by atoms with Crippen LogP contribution in [0.1, 0.15) is 11.3 Å². The van der Waals surface area contributed by atoms with Gasteiger partial charge in [0.15, 0.2) is 6.61 Å². The number of hydrogen-bond acceptors (Lipinski definition) is 6. The first-order chi connectivity index (χ1) is 14.3. The minimum Gasteiger partial charge on any atom is -0.484 e. The SMILES string of the molecule is Cc1cc(OCC(=O)N/N=C\c2ccc(-c3ccc([N+](=O)[O-])cc3Cl)o2)ccc1Cl. The van der Waals surface area contributed by atoms with Crippen molar-refractivity contribution >= 4 is 41.0 Å². The second kappa shape index (κ2) is 9.43. The van der Waals surface area contributed by atoms with E-state index in [4.69, 9.17) is 32.4 Å². The maximum Gasteiger partial charge on any atom is 0.277 e. The van der Waals surface area contributed by atoms with Gasteiger partial charge in [-0.05, 0) is 48.9 Å². The lowest BCUT2D eigenvalue weighted by atomic mass is 10.1. The van der Waals surface area contributed by atoms with E-state index in [1.165, 1.54) is 24.4 Å². The molecule has 8 nitrogen and oxygen atoms in total. The zero-order chi connectivity index (χ0) is 21.7. The van der Waals surface area contributed by atoms with Crippen LogP contribution in [0.15, 0.2) is 58.0 Å². The number of amides is 1. The second-order valence-electron chi connectivity index (χ2n) is 6.12. The standard InChI is InChI=1S/C20H15Cl2N3O5/c1-12-8-14(3-6-17(12)21)29-11-20(26)24-23-10-15-4-7-19(30-15)16-5-2-13(25(27)28)9-18(16)22/h2-10H,11H2,1H3,(H,24,26)/b23-10-. The Hall–Kier alpha value is -3.36. The fourth-order valence-corrected chi connectivity index (χ4v) is 2.83. The predicted octanol–water partition coefficient (Wildman–Crippen LogP) is 5.00. The first-order valence-electron chi connectivity index (χ1n) is 8.58. The molecule has 1 heterocycles.